The number of benzene rings is 2. The molecule has 0 unspecified atom stereocenters. The minimum atomic E-state index is 0. The first-order chi connectivity index (χ1) is 11.8. The van der Waals surface area contributed by atoms with Crippen molar-refractivity contribution in [2.45, 2.75) is 36.6 Å². The quantitative estimate of drug-likeness (QED) is 0.343. The normalized spacial score (nSPS) is 14.8. The third-order valence-electron chi connectivity index (χ3n) is 3.13. The second-order valence-electron chi connectivity index (χ2n) is 5.67. The molecule has 2 aromatic carbocycles. The van der Waals surface area contributed by atoms with Crippen LogP contribution in [0.5, 0.6) is 11.5 Å². The molecule has 2 nitrogen and oxygen atoms in total. The van der Waals surface area contributed by atoms with Gasteiger partial charge < -0.3 is 9.84 Å². The predicted octanol–water partition coefficient (Wildman–Crippen LogP) is 7.99. The van der Waals surface area contributed by atoms with Crippen LogP contribution >= 0.6 is 71.0 Å². The third kappa shape index (κ3) is 10.3. The van der Waals surface area contributed by atoms with Crippen LogP contribution in [0.1, 0.15) is 25.7 Å². The molecule has 1 radical (unpaired) electrons. The maximum absolute atomic E-state index is 8.83. The Kier molecular flexibility index (Phi) is 11.6. The van der Waals surface area contributed by atoms with Gasteiger partial charge in [0.2, 0.25) is 0 Å². The molecular formula is C18H17Br3Cl2O2V. The maximum Gasteiger partial charge on any atom is 0.121 e. The zero-order chi connectivity index (χ0) is 18.4. The van der Waals surface area contributed by atoms with E-state index in [4.69, 9.17) is 33.0 Å². The summed E-state index contributed by atoms with van der Waals surface area (Å²) in [6.07, 6.45) is 5.59. The molecule has 0 aliphatic heterocycles. The van der Waals surface area contributed by atoms with Crippen LogP contribution in [0.25, 0.3) is 0 Å². The number of hydrogen-bond donors (Lipinski definition) is 1. The van der Waals surface area contributed by atoms with Crippen molar-refractivity contribution in [2.24, 2.45) is 0 Å². The third-order valence-corrected chi connectivity index (χ3v) is 6.51. The smallest absolute Gasteiger partial charge is 0.121 e. The van der Waals surface area contributed by atoms with Gasteiger partial charge in [-0.15, -0.1) is 0 Å². The van der Waals surface area contributed by atoms with E-state index in [-0.39, 0.29) is 24.3 Å². The second kappa shape index (κ2) is 12.3. The number of phenolic OH excluding ortho intramolecular Hbond substituents is 1. The molecule has 0 atom stereocenters. The number of phenols is 1. The van der Waals surface area contributed by atoms with E-state index in [0.717, 1.165) is 19.5 Å². The molecule has 0 aromatic heterocycles. The van der Waals surface area contributed by atoms with Crippen LogP contribution in [-0.4, -0.2) is 16.0 Å². The molecule has 0 spiro atoms. The van der Waals surface area contributed by atoms with Crippen LogP contribution < -0.4 is 4.74 Å². The van der Waals surface area contributed by atoms with Crippen molar-refractivity contribution in [3.63, 3.8) is 0 Å². The predicted molar refractivity (Wildman–Crippen MR) is 116 cm³/mol. The van der Waals surface area contributed by atoms with Crippen molar-refractivity contribution in [1.29, 1.82) is 0 Å². The zero-order valence-corrected chi connectivity index (χ0v) is 21.3. The van der Waals surface area contributed by atoms with Gasteiger partial charge in [-0.3, -0.25) is 0 Å². The Bertz CT molecular complexity index is 711. The van der Waals surface area contributed by atoms with Gasteiger partial charge >= 0.3 is 0 Å². The molecule has 2 saturated carbocycles. The van der Waals surface area contributed by atoms with Gasteiger partial charge in [0.15, 0.2) is 0 Å². The summed E-state index contributed by atoms with van der Waals surface area (Å²) in [4.78, 5) is 0.896. The van der Waals surface area contributed by atoms with Gasteiger partial charge in [0.1, 0.15) is 11.5 Å². The molecule has 0 amide bonds. The Hall–Kier alpha value is 0.644. The summed E-state index contributed by atoms with van der Waals surface area (Å²) in [6.45, 7) is 0. The van der Waals surface area contributed by atoms with E-state index in [1.54, 1.807) is 12.1 Å². The monoisotopic (exact) mass is 623 g/mol. The molecule has 0 bridgehead atoms. The molecule has 2 fully saturated rings. The molecule has 141 valence electrons. The standard InChI is InChI=1S/C9H8BrClO.C6H4BrClO.C3H5Br.V/c10-8-4-3-7(5-9(8)11)12-6-1-2-6;7-5-2-1-4(9)3-6(5)8;4-3-1-2-3;/h3-6H,1-2H2;1-3,9H;3H,1-2H2;. The first-order valence-corrected chi connectivity index (χ1v) is 11.0. The van der Waals surface area contributed by atoms with Crippen molar-refractivity contribution in [3.05, 3.63) is 55.4 Å². The van der Waals surface area contributed by atoms with Crippen molar-refractivity contribution in [1.82, 2.24) is 0 Å². The summed E-state index contributed by atoms with van der Waals surface area (Å²) < 4.78 is 7.26. The van der Waals surface area contributed by atoms with Crippen LogP contribution in [0.4, 0.5) is 0 Å². The van der Waals surface area contributed by atoms with Crippen molar-refractivity contribution >= 4 is 71.0 Å². The van der Waals surface area contributed by atoms with Gasteiger partial charge in [-0.2, -0.15) is 0 Å². The van der Waals surface area contributed by atoms with E-state index in [1.807, 2.05) is 18.2 Å². The summed E-state index contributed by atoms with van der Waals surface area (Å²) in [7, 11) is 0. The SMILES string of the molecule is BrC1CC1.Clc1cc(OC2CC2)ccc1Br.Oc1ccc(Br)c(Cl)c1.[V]. The van der Waals surface area contributed by atoms with Crippen LogP contribution in [0, 0.1) is 0 Å². The number of aromatic hydroxyl groups is 1. The van der Waals surface area contributed by atoms with Gasteiger partial charge in [-0.1, -0.05) is 39.1 Å². The summed E-state index contributed by atoms with van der Waals surface area (Å²) >= 11 is 21.4. The number of halogens is 5. The molecule has 0 heterocycles. The Labute approximate surface area is 201 Å². The van der Waals surface area contributed by atoms with E-state index < -0.39 is 0 Å². The van der Waals surface area contributed by atoms with Crippen molar-refractivity contribution in [3.8, 4) is 11.5 Å². The second-order valence-corrected chi connectivity index (χ2v) is 9.48. The van der Waals surface area contributed by atoms with Crippen molar-refractivity contribution in [2.75, 3.05) is 0 Å². The Morgan fingerprint density at radius 3 is 1.77 bits per heavy atom. The van der Waals surface area contributed by atoms with E-state index in [2.05, 4.69) is 47.8 Å². The average Bonchev–Trinajstić information content (AvgIpc) is 3.48. The van der Waals surface area contributed by atoms with Gasteiger partial charge in [0, 0.05) is 32.3 Å². The Balaban J connectivity index is 0.000000213. The molecule has 0 saturated heterocycles. The largest absolute Gasteiger partial charge is 0.508 e. The van der Waals surface area contributed by atoms with Crippen LogP contribution in [0.2, 0.25) is 10.0 Å². The molecule has 8 heteroatoms. The molecule has 26 heavy (non-hydrogen) atoms. The molecule has 2 aliphatic carbocycles. The summed E-state index contributed by atoms with van der Waals surface area (Å²) in [5, 5.41) is 10.1. The molecule has 2 aliphatic rings. The summed E-state index contributed by atoms with van der Waals surface area (Å²) in [5.74, 6) is 1.05. The molecular weight excluding hydrogens is 610 g/mol. The number of rotatable bonds is 2. The Morgan fingerprint density at radius 2 is 1.38 bits per heavy atom. The van der Waals surface area contributed by atoms with E-state index >= 15 is 0 Å². The van der Waals surface area contributed by atoms with Gasteiger partial charge in [-0.05, 0) is 93.9 Å². The number of hydrogen-bond acceptors (Lipinski definition) is 2. The molecule has 2 aromatic rings. The van der Waals surface area contributed by atoms with Gasteiger partial charge in [-0.25, -0.2) is 0 Å². The van der Waals surface area contributed by atoms with Gasteiger partial charge in [0.25, 0.3) is 0 Å². The van der Waals surface area contributed by atoms with Crippen LogP contribution in [0.3, 0.4) is 0 Å². The molecule has 1 N–H and O–H groups in total. The maximum atomic E-state index is 8.83. The topological polar surface area (TPSA) is 29.5 Å². The van der Waals surface area contributed by atoms with Crippen molar-refractivity contribution < 1.29 is 28.4 Å². The average molecular weight is 627 g/mol. The van der Waals surface area contributed by atoms with E-state index in [0.29, 0.717) is 16.1 Å². The molecule has 4 rings (SSSR count). The fourth-order valence-corrected chi connectivity index (χ4v) is 2.58. The van der Waals surface area contributed by atoms with E-state index in [1.165, 1.54) is 31.7 Å². The summed E-state index contributed by atoms with van der Waals surface area (Å²) in [5.41, 5.74) is 0. The van der Waals surface area contributed by atoms with Crippen LogP contribution in [0.15, 0.2) is 45.3 Å². The number of alkyl halides is 1. The van der Waals surface area contributed by atoms with Crippen LogP contribution in [-0.2, 0) is 18.6 Å². The fraction of sp³-hybridized carbons (Fsp3) is 0.333. The fourth-order valence-electron chi connectivity index (χ4n) is 1.48. The van der Waals surface area contributed by atoms with Gasteiger partial charge in [0.05, 0.1) is 16.1 Å². The Morgan fingerprint density at radius 1 is 0.885 bits per heavy atom. The summed E-state index contributed by atoms with van der Waals surface area (Å²) in [6, 6.07) is 10.4. The zero-order valence-electron chi connectivity index (χ0n) is 13.6. The number of ether oxygens (including phenoxy) is 1. The first-order valence-electron chi connectivity index (χ1n) is 7.75. The first kappa shape index (κ1) is 24.7. The van der Waals surface area contributed by atoms with E-state index in [9.17, 15) is 0 Å². The minimum absolute atomic E-state index is 0. The minimum Gasteiger partial charge on any atom is -0.508 e.